The van der Waals surface area contributed by atoms with Crippen LogP contribution < -0.4 is 16.4 Å². The van der Waals surface area contributed by atoms with Gasteiger partial charge in [0, 0.05) is 49.0 Å². The van der Waals surface area contributed by atoms with Gasteiger partial charge in [0.15, 0.2) is 11.6 Å². The average molecular weight is 567 g/mol. The lowest BCUT2D eigenvalue weighted by atomic mass is 9.92. The zero-order chi connectivity index (χ0) is 29.6. The molecular formula is C33H34N4O5. The number of nitrogens with zero attached hydrogens (tertiary/aromatic N) is 1. The van der Waals surface area contributed by atoms with E-state index >= 15 is 0 Å². The van der Waals surface area contributed by atoms with Gasteiger partial charge < -0.3 is 21.3 Å². The Morgan fingerprint density at radius 1 is 0.881 bits per heavy atom. The van der Waals surface area contributed by atoms with Crippen molar-refractivity contribution >= 4 is 35.0 Å². The molecule has 9 heteroatoms. The molecule has 1 heterocycles. The maximum atomic E-state index is 13.7. The van der Waals surface area contributed by atoms with Crippen LogP contribution in [0.15, 0.2) is 72.8 Å². The summed E-state index contributed by atoms with van der Waals surface area (Å²) < 4.78 is 0. The Morgan fingerprint density at radius 2 is 1.62 bits per heavy atom. The number of hydrogen-bond donors (Lipinski definition) is 3. The first-order valence-electron chi connectivity index (χ1n) is 14.3. The predicted octanol–water partition coefficient (Wildman–Crippen LogP) is 3.20. The lowest BCUT2D eigenvalue weighted by Crippen LogP contribution is -2.56. The van der Waals surface area contributed by atoms with Gasteiger partial charge in [-0.2, -0.15) is 0 Å². The molecule has 0 aromatic heterocycles. The molecule has 0 fully saturated rings. The molecule has 0 bridgehead atoms. The van der Waals surface area contributed by atoms with Crippen LogP contribution >= 0.6 is 0 Å². The van der Waals surface area contributed by atoms with Crippen LogP contribution in [0.4, 0.5) is 5.69 Å². The van der Waals surface area contributed by atoms with Gasteiger partial charge in [0.1, 0.15) is 12.1 Å². The first-order chi connectivity index (χ1) is 20.3. The molecule has 1 aliphatic heterocycles. The van der Waals surface area contributed by atoms with Crippen LogP contribution in [0.25, 0.3) is 0 Å². The van der Waals surface area contributed by atoms with E-state index in [4.69, 9.17) is 5.73 Å². The van der Waals surface area contributed by atoms with Gasteiger partial charge in [-0.3, -0.25) is 24.0 Å². The standard InChI is InChI=1S/C33H34N4O5/c34-17-16-27(32(41)35-25-12-10-21-11-13-30(39)26(21)19-25)36-33(42)28-18-23-8-4-5-9-24(23)20-37(28)31(40)15-14-29(38)22-6-2-1-3-7-22/h1-10,12,19,27-28H,11,13-18,20,34H2,(H,35,41)(H,36,42)/t27-,28-/m0/s1. The van der Waals surface area contributed by atoms with E-state index < -0.39 is 23.9 Å². The summed E-state index contributed by atoms with van der Waals surface area (Å²) in [5, 5.41) is 5.62. The Hall–Kier alpha value is -4.63. The van der Waals surface area contributed by atoms with E-state index in [9.17, 15) is 24.0 Å². The number of carbonyl (C=O) groups is 5. The number of carbonyl (C=O) groups excluding carboxylic acids is 5. The fourth-order valence-electron chi connectivity index (χ4n) is 5.60. The monoisotopic (exact) mass is 566 g/mol. The fraction of sp³-hybridized carbons (Fsp3) is 0.303. The van der Waals surface area contributed by atoms with Crippen molar-refractivity contribution in [1.82, 2.24) is 10.2 Å². The van der Waals surface area contributed by atoms with Crippen LogP contribution in [0.2, 0.25) is 0 Å². The molecule has 3 aromatic rings. The van der Waals surface area contributed by atoms with E-state index in [2.05, 4.69) is 10.6 Å². The molecule has 0 unspecified atom stereocenters. The predicted molar refractivity (Wildman–Crippen MR) is 158 cm³/mol. The largest absolute Gasteiger partial charge is 0.342 e. The Bertz CT molecular complexity index is 1520. The Balaban J connectivity index is 1.29. The van der Waals surface area contributed by atoms with E-state index in [0.29, 0.717) is 29.7 Å². The van der Waals surface area contributed by atoms with Crippen molar-refractivity contribution in [3.63, 3.8) is 0 Å². The summed E-state index contributed by atoms with van der Waals surface area (Å²) in [4.78, 5) is 66.7. The topological polar surface area (TPSA) is 139 Å². The third-order valence-corrected chi connectivity index (χ3v) is 7.92. The zero-order valence-electron chi connectivity index (χ0n) is 23.3. The number of rotatable bonds is 10. The molecule has 9 nitrogen and oxygen atoms in total. The molecule has 4 N–H and O–H groups in total. The average Bonchev–Trinajstić information content (AvgIpc) is 3.38. The van der Waals surface area contributed by atoms with E-state index in [1.165, 1.54) is 4.90 Å². The molecule has 3 amide bonds. The van der Waals surface area contributed by atoms with Gasteiger partial charge in [-0.1, -0.05) is 60.7 Å². The van der Waals surface area contributed by atoms with Crippen molar-refractivity contribution in [3.8, 4) is 0 Å². The second kappa shape index (κ2) is 12.9. The molecule has 0 radical (unpaired) electrons. The Labute approximate surface area is 244 Å². The number of benzene rings is 3. The molecule has 0 spiro atoms. The highest BCUT2D eigenvalue weighted by atomic mass is 16.2. The second-order valence-corrected chi connectivity index (χ2v) is 10.7. The number of nitrogens with one attached hydrogen (secondary N) is 2. The molecule has 42 heavy (non-hydrogen) atoms. The minimum atomic E-state index is -0.944. The molecule has 5 rings (SSSR count). The lowest BCUT2D eigenvalue weighted by molar-refractivity contribution is -0.142. The smallest absolute Gasteiger partial charge is 0.246 e. The minimum absolute atomic E-state index is 0.0246. The quantitative estimate of drug-likeness (QED) is 0.322. The van der Waals surface area contributed by atoms with Gasteiger partial charge in [-0.15, -0.1) is 0 Å². The van der Waals surface area contributed by atoms with Crippen molar-refractivity contribution in [1.29, 1.82) is 0 Å². The third-order valence-electron chi connectivity index (χ3n) is 7.92. The maximum Gasteiger partial charge on any atom is 0.246 e. The number of anilines is 1. The number of nitrogens with two attached hydrogens (primary N) is 1. The summed E-state index contributed by atoms with van der Waals surface area (Å²) in [7, 11) is 0. The van der Waals surface area contributed by atoms with Crippen LogP contribution in [0.5, 0.6) is 0 Å². The van der Waals surface area contributed by atoms with Gasteiger partial charge in [0.05, 0.1) is 0 Å². The van der Waals surface area contributed by atoms with Gasteiger partial charge in [-0.05, 0) is 48.2 Å². The number of Topliss-reactive ketones (excluding diaryl/α,β-unsaturated/α-hetero) is 2. The Morgan fingerprint density at radius 3 is 2.38 bits per heavy atom. The van der Waals surface area contributed by atoms with Crippen molar-refractivity contribution in [2.45, 2.75) is 57.2 Å². The molecule has 0 saturated carbocycles. The molecular weight excluding hydrogens is 532 g/mol. The first-order valence-corrected chi connectivity index (χ1v) is 14.3. The Kier molecular flexibility index (Phi) is 8.88. The summed E-state index contributed by atoms with van der Waals surface area (Å²) in [6.07, 6.45) is 1.60. The van der Waals surface area contributed by atoms with Gasteiger partial charge in [0.2, 0.25) is 17.7 Å². The number of hydrogen-bond acceptors (Lipinski definition) is 6. The van der Waals surface area contributed by atoms with Crippen molar-refractivity contribution < 1.29 is 24.0 Å². The summed E-state index contributed by atoms with van der Waals surface area (Å²) in [5.41, 5.74) is 10.2. The van der Waals surface area contributed by atoms with Crippen molar-refractivity contribution in [3.05, 3.63) is 101 Å². The van der Waals surface area contributed by atoms with E-state index in [-0.39, 0.29) is 56.2 Å². The molecule has 2 atom stereocenters. The van der Waals surface area contributed by atoms with Crippen LogP contribution in [-0.2, 0) is 33.8 Å². The molecule has 1 aliphatic carbocycles. The number of aryl methyl sites for hydroxylation is 1. The van der Waals surface area contributed by atoms with E-state index in [0.717, 1.165) is 16.7 Å². The third kappa shape index (κ3) is 6.47. The number of amides is 3. The van der Waals surface area contributed by atoms with Crippen molar-refractivity contribution in [2.24, 2.45) is 5.73 Å². The number of fused-ring (bicyclic) bond motifs is 2. The summed E-state index contributed by atoms with van der Waals surface area (Å²) in [5.74, 6) is -1.33. The maximum absolute atomic E-state index is 13.7. The molecule has 0 saturated heterocycles. The van der Waals surface area contributed by atoms with E-state index in [1.54, 1.807) is 36.4 Å². The van der Waals surface area contributed by atoms with Gasteiger partial charge in [0.25, 0.3) is 0 Å². The number of ketones is 2. The highest BCUT2D eigenvalue weighted by Gasteiger charge is 2.36. The fourth-order valence-corrected chi connectivity index (χ4v) is 5.60. The van der Waals surface area contributed by atoms with Crippen molar-refractivity contribution in [2.75, 3.05) is 11.9 Å². The summed E-state index contributed by atoms with van der Waals surface area (Å²) in [6, 6.07) is 19.8. The van der Waals surface area contributed by atoms with Crippen LogP contribution in [0, 0.1) is 0 Å². The van der Waals surface area contributed by atoms with Crippen LogP contribution in [0.3, 0.4) is 0 Å². The summed E-state index contributed by atoms with van der Waals surface area (Å²) >= 11 is 0. The highest BCUT2D eigenvalue weighted by Crippen LogP contribution is 2.26. The van der Waals surface area contributed by atoms with E-state index in [1.807, 2.05) is 36.4 Å². The van der Waals surface area contributed by atoms with Gasteiger partial charge >= 0.3 is 0 Å². The van der Waals surface area contributed by atoms with Crippen LogP contribution in [-0.4, -0.2) is 52.8 Å². The molecule has 216 valence electrons. The normalized spacial score (nSPS) is 16.3. The summed E-state index contributed by atoms with van der Waals surface area (Å²) in [6.45, 7) is 0.377. The minimum Gasteiger partial charge on any atom is -0.342 e. The van der Waals surface area contributed by atoms with Gasteiger partial charge in [-0.25, -0.2) is 0 Å². The SMILES string of the molecule is NCC[C@H](NC(=O)[C@@H]1Cc2ccccc2CN1C(=O)CCC(=O)c1ccccc1)C(=O)Nc1ccc2c(c1)C(=O)CC2. The second-order valence-electron chi connectivity index (χ2n) is 10.7. The van der Waals surface area contributed by atoms with Crippen LogP contribution in [0.1, 0.15) is 63.1 Å². The highest BCUT2D eigenvalue weighted by molar-refractivity contribution is 6.03. The first kappa shape index (κ1) is 28.9. The zero-order valence-corrected chi connectivity index (χ0v) is 23.3. The molecule has 2 aliphatic rings. The lowest BCUT2D eigenvalue weighted by Gasteiger charge is -2.36. The molecule has 3 aromatic carbocycles.